The number of aromatic nitrogens is 1. The van der Waals surface area contributed by atoms with Crippen LogP contribution in [0.3, 0.4) is 0 Å². The summed E-state index contributed by atoms with van der Waals surface area (Å²) in [4.78, 5) is 7.51. The van der Waals surface area contributed by atoms with Crippen molar-refractivity contribution in [3.05, 3.63) is 181 Å². The first-order chi connectivity index (χ1) is 26.5. The third kappa shape index (κ3) is 4.70. The first-order valence-corrected chi connectivity index (χ1v) is 19.3. The normalized spacial score (nSPS) is 13.1. The highest BCUT2D eigenvalue weighted by Gasteiger charge is 2.35. The molecule has 0 bridgehead atoms. The monoisotopic (exact) mass is 710 g/mol. The lowest BCUT2D eigenvalue weighted by Gasteiger charge is -2.28. The van der Waals surface area contributed by atoms with Crippen LogP contribution in [0.15, 0.2) is 174 Å². The van der Waals surface area contributed by atoms with E-state index in [1.54, 1.807) is 0 Å². The zero-order valence-electron chi connectivity index (χ0n) is 29.9. The van der Waals surface area contributed by atoms with Crippen LogP contribution < -0.4 is 4.90 Å². The maximum absolute atomic E-state index is 6.52. The summed E-state index contributed by atoms with van der Waals surface area (Å²) in [5.74, 6) is 0.629. The van der Waals surface area contributed by atoms with Gasteiger partial charge in [-0.25, -0.2) is 4.98 Å². The van der Waals surface area contributed by atoms with Gasteiger partial charge in [0.15, 0.2) is 5.58 Å². The molecule has 0 spiro atoms. The lowest BCUT2D eigenvalue weighted by Crippen LogP contribution is -2.16. The smallest absolute Gasteiger partial charge is 0.227 e. The molecule has 0 radical (unpaired) electrons. The third-order valence-corrected chi connectivity index (χ3v) is 12.4. The molecule has 11 rings (SSSR count). The molecule has 0 fully saturated rings. The van der Waals surface area contributed by atoms with Gasteiger partial charge in [-0.3, -0.25) is 0 Å². The van der Waals surface area contributed by atoms with E-state index in [-0.39, 0.29) is 5.41 Å². The number of hydrogen-bond acceptors (Lipinski definition) is 4. The molecule has 10 aromatic rings. The molecule has 0 unspecified atom stereocenters. The van der Waals surface area contributed by atoms with E-state index in [0.717, 1.165) is 55.6 Å². The van der Waals surface area contributed by atoms with E-state index in [9.17, 15) is 0 Å². The average molecular weight is 711 g/mol. The molecular weight excluding hydrogens is 677 g/mol. The van der Waals surface area contributed by atoms with Crippen molar-refractivity contribution in [1.82, 2.24) is 4.98 Å². The van der Waals surface area contributed by atoms with Crippen molar-refractivity contribution >= 4 is 70.4 Å². The number of rotatable bonds is 5. The van der Waals surface area contributed by atoms with Gasteiger partial charge in [-0.1, -0.05) is 117 Å². The number of anilines is 3. The second-order valence-electron chi connectivity index (χ2n) is 14.8. The lowest BCUT2D eigenvalue weighted by atomic mass is 9.82. The Morgan fingerprint density at radius 1 is 0.500 bits per heavy atom. The second kappa shape index (κ2) is 11.8. The van der Waals surface area contributed by atoms with Gasteiger partial charge >= 0.3 is 0 Å². The van der Waals surface area contributed by atoms with Crippen LogP contribution >= 0.6 is 11.3 Å². The number of fused-ring (bicyclic) bond motifs is 9. The molecule has 2 aromatic heterocycles. The Kier molecular flexibility index (Phi) is 6.77. The molecule has 0 aliphatic heterocycles. The van der Waals surface area contributed by atoms with Crippen molar-refractivity contribution in [2.45, 2.75) is 19.3 Å². The van der Waals surface area contributed by atoms with Crippen LogP contribution in [-0.2, 0) is 5.41 Å². The fourth-order valence-electron chi connectivity index (χ4n) is 8.58. The second-order valence-corrected chi connectivity index (χ2v) is 15.9. The maximum Gasteiger partial charge on any atom is 0.227 e. The highest BCUT2D eigenvalue weighted by atomic mass is 32.1. The van der Waals surface area contributed by atoms with Crippen LogP contribution in [0, 0.1) is 0 Å². The summed E-state index contributed by atoms with van der Waals surface area (Å²) < 4.78 is 9.13. The minimum atomic E-state index is -0.108. The van der Waals surface area contributed by atoms with Crippen LogP contribution in [0.2, 0.25) is 0 Å². The number of oxazole rings is 1. The zero-order chi connectivity index (χ0) is 36.0. The number of thiophene rings is 1. The number of nitrogens with zero attached hydrogens (tertiary/aromatic N) is 2. The fourth-order valence-corrected chi connectivity index (χ4v) is 9.67. The Bertz CT molecular complexity index is 3080. The van der Waals surface area contributed by atoms with E-state index in [4.69, 9.17) is 9.40 Å². The molecule has 256 valence electrons. The SMILES string of the molecule is CC1(C)c2ccccc2-c2ccc(N(c3ccc(-c4cc5ccccc5c5oc(-c6ccccc6)nc45)cc3)c3ccc4sc5ccccc5c4c3)cc21. The van der Waals surface area contributed by atoms with Crippen molar-refractivity contribution in [3.63, 3.8) is 0 Å². The molecule has 2 heterocycles. The van der Waals surface area contributed by atoms with Gasteiger partial charge in [-0.2, -0.15) is 0 Å². The summed E-state index contributed by atoms with van der Waals surface area (Å²) in [5, 5.41) is 4.76. The summed E-state index contributed by atoms with van der Waals surface area (Å²) in [7, 11) is 0. The van der Waals surface area contributed by atoms with Gasteiger partial charge < -0.3 is 9.32 Å². The topological polar surface area (TPSA) is 29.3 Å². The molecule has 0 amide bonds. The zero-order valence-corrected chi connectivity index (χ0v) is 30.7. The molecule has 4 heteroatoms. The van der Waals surface area contributed by atoms with E-state index in [1.165, 1.54) is 42.4 Å². The molecule has 0 saturated carbocycles. The maximum atomic E-state index is 6.52. The van der Waals surface area contributed by atoms with Crippen LogP contribution in [0.25, 0.3) is 75.8 Å². The van der Waals surface area contributed by atoms with Gasteiger partial charge in [0.25, 0.3) is 0 Å². The molecule has 0 saturated heterocycles. The van der Waals surface area contributed by atoms with Gasteiger partial charge in [0.1, 0.15) is 5.52 Å². The van der Waals surface area contributed by atoms with Gasteiger partial charge in [0.2, 0.25) is 5.89 Å². The predicted octanol–water partition coefficient (Wildman–Crippen LogP) is 14.5. The first-order valence-electron chi connectivity index (χ1n) is 18.5. The molecule has 0 N–H and O–H groups in total. The standard InChI is InChI=1S/C50H34N2OS/c1-50(2)43-18-10-8-16-38(43)39-26-24-36(30-44(39)50)52(35-25-27-46-42(29-35)40-17-9-11-19-45(40)54-46)34-22-20-31(21-23-34)41-28-33-14-6-7-15-37(33)48-47(41)51-49(53-48)32-12-4-3-5-13-32/h3-30H,1-2H3. The largest absolute Gasteiger partial charge is 0.435 e. The minimum Gasteiger partial charge on any atom is -0.435 e. The Balaban J connectivity index is 1.08. The molecule has 1 aliphatic carbocycles. The van der Waals surface area contributed by atoms with Crippen LogP contribution in [0.5, 0.6) is 0 Å². The van der Waals surface area contributed by atoms with Crippen molar-refractivity contribution < 1.29 is 4.42 Å². The van der Waals surface area contributed by atoms with Crippen LogP contribution in [0.4, 0.5) is 17.1 Å². The quantitative estimate of drug-likeness (QED) is 0.178. The van der Waals surface area contributed by atoms with Crippen molar-refractivity contribution in [3.8, 4) is 33.7 Å². The van der Waals surface area contributed by atoms with Crippen molar-refractivity contribution in [2.75, 3.05) is 4.90 Å². The minimum absolute atomic E-state index is 0.108. The number of benzene rings is 8. The van der Waals surface area contributed by atoms with Gasteiger partial charge in [0, 0.05) is 59.2 Å². The fraction of sp³-hybridized carbons (Fsp3) is 0.0600. The van der Waals surface area contributed by atoms with E-state index in [2.05, 4.69) is 158 Å². The van der Waals surface area contributed by atoms with E-state index < -0.39 is 0 Å². The highest BCUT2D eigenvalue weighted by molar-refractivity contribution is 7.25. The van der Waals surface area contributed by atoms with E-state index >= 15 is 0 Å². The summed E-state index contributed by atoms with van der Waals surface area (Å²) in [6.45, 7) is 4.70. The molecule has 0 atom stereocenters. The van der Waals surface area contributed by atoms with E-state index in [0.29, 0.717) is 5.89 Å². The highest BCUT2D eigenvalue weighted by Crippen LogP contribution is 2.51. The van der Waals surface area contributed by atoms with Gasteiger partial charge in [-0.05, 0) is 99.9 Å². The predicted molar refractivity (Wildman–Crippen MR) is 228 cm³/mol. The Morgan fingerprint density at radius 2 is 1.17 bits per heavy atom. The van der Waals surface area contributed by atoms with Gasteiger partial charge in [-0.15, -0.1) is 11.3 Å². The molecule has 54 heavy (non-hydrogen) atoms. The van der Waals surface area contributed by atoms with Crippen molar-refractivity contribution in [1.29, 1.82) is 0 Å². The summed E-state index contributed by atoms with van der Waals surface area (Å²) in [6, 6.07) is 61.3. The lowest BCUT2D eigenvalue weighted by molar-refractivity contribution is 0.623. The average Bonchev–Trinajstić information content (AvgIpc) is 3.90. The molecular formula is C50H34N2OS. The summed E-state index contributed by atoms with van der Waals surface area (Å²) in [5.41, 5.74) is 13.4. The Morgan fingerprint density at radius 3 is 2.04 bits per heavy atom. The number of hydrogen-bond donors (Lipinski definition) is 0. The molecule has 8 aromatic carbocycles. The van der Waals surface area contributed by atoms with E-state index in [1.807, 2.05) is 41.7 Å². The molecule has 3 nitrogen and oxygen atoms in total. The first kappa shape index (κ1) is 31.1. The Hall–Kier alpha value is -6.49. The summed E-state index contributed by atoms with van der Waals surface area (Å²) in [6.07, 6.45) is 0. The van der Waals surface area contributed by atoms with Crippen LogP contribution in [-0.4, -0.2) is 4.98 Å². The molecule has 1 aliphatic rings. The van der Waals surface area contributed by atoms with Gasteiger partial charge in [0.05, 0.1) is 0 Å². The third-order valence-electron chi connectivity index (χ3n) is 11.3. The Labute approximate surface area is 317 Å². The van der Waals surface area contributed by atoms with Crippen LogP contribution in [0.1, 0.15) is 25.0 Å². The van der Waals surface area contributed by atoms with Crippen molar-refractivity contribution in [2.24, 2.45) is 0 Å². The summed E-state index contributed by atoms with van der Waals surface area (Å²) >= 11 is 1.85.